The van der Waals surface area contributed by atoms with Crippen molar-refractivity contribution in [1.29, 1.82) is 0 Å². The molecule has 2 rings (SSSR count). The predicted octanol–water partition coefficient (Wildman–Crippen LogP) is 1.70. The van der Waals surface area contributed by atoms with Crippen molar-refractivity contribution in [3.05, 3.63) is 36.0 Å². The second kappa shape index (κ2) is 5.13. The highest BCUT2D eigenvalue weighted by Gasteiger charge is 2.43. The van der Waals surface area contributed by atoms with Crippen molar-refractivity contribution >= 4 is 11.8 Å². The van der Waals surface area contributed by atoms with Crippen molar-refractivity contribution in [1.82, 2.24) is 0 Å². The minimum atomic E-state index is -0.815. The minimum absolute atomic E-state index is 0.0172. The molecule has 0 aromatic rings. The molecule has 2 aliphatic rings. The van der Waals surface area contributed by atoms with Crippen LogP contribution in [0.2, 0.25) is 0 Å². The Morgan fingerprint density at radius 2 is 2.00 bits per heavy atom. The summed E-state index contributed by atoms with van der Waals surface area (Å²) in [6, 6.07) is 0. The Morgan fingerprint density at radius 3 is 2.68 bits per heavy atom. The van der Waals surface area contributed by atoms with Gasteiger partial charge in [-0.3, -0.25) is 4.79 Å². The van der Waals surface area contributed by atoms with Crippen molar-refractivity contribution in [3.8, 4) is 0 Å². The molecule has 1 saturated heterocycles. The molecule has 0 spiro atoms. The van der Waals surface area contributed by atoms with E-state index in [2.05, 4.69) is 13.2 Å². The topological polar surface area (TPSA) is 63.6 Å². The first-order chi connectivity index (χ1) is 8.90. The maximum Gasteiger partial charge on any atom is 0.334 e. The second-order valence-electron chi connectivity index (χ2n) is 5.23. The summed E-state index contributed by atoms with van der Waals surface area (Å²) in [6.07, 6.45) is 1.55. The Kier molecular flexibility index (Phi) is 3.71. The summed E-state index contributed by atoms with van der Waals surface area (Å²) in [6.45, 7) is 9.30. The van der Waals surface area contributed by atoms with Crippen molar-refractivity contribution < 1.29 is 19.4 Å². The number of aliphatic hydroxyl groups is 1. The summed E-state index contributed by atoms with van der Waals surface area (Å²) in [7, 11) is 0. The van der Waals surface area contributed by atoms with Crippen LogP contribution in [0.25, 0.3) is 0 Å². The SMILES string of the molecule is C=C1C[C@@H]2OC(=O)C(=C)[C@H]2[C@@H](O)/C=C(\C)CCC1=O. The summed E-state index contributed by atoms with van der Waals surface area (Å²) in [5.74, 6) is -1.01. The van der Waals surface area contributed by atoms with Gasteiger partial charge in [0.05, 0.1) is 12.0 Å². The van der Waals surface area contributed by atoms with Crippen LogP contribution in [0.4, 0.5) is 0 Å². The number of fused-ring (bicyclic) bond motifs is 1. The standard InChI is InChI=1S/C15H18O4/c1-8-4-5-11(16)9(2)7-13-14(12(17)6-8)10(3)15(18)19-13/h6,12-14,17H,2-5,7H2,1H3/b8-6+/t12-,13-,14-/m0/s1. The van der Waals surface area contributed by atoms with E-state index >= 15 is 0 Å². The number of esters is 1. The number of aliphatic hydroxyl groups excluding tert-OH is 1. The number of allylic oxidation sites excluding steroid dienone is 1. The first-order valence-corrected chi connectivity index (χ1v) is 6.36. The van der Waals surface area contributed by atoms with Gasteiger partial charge in [0.1, 0.15) is 6.10 Å². The third-order valence-corrected chi connectivity index (χ3v) is 3.74. The quantitative estimate of drug-likeness (QED) is 0.410. The summed E-state index contributed by atoms with van der Waals surface area (Å²) >= 11 is 0. The van der Waals surface area contributed by atoms with Gasteiger partial charge in [-0.05, 0) is 18.9 Å². The number of ether oxygens (including phenoxy) is 1. The molecule has 102 valence electrons. The van der Waals surface area contributed by atoms with Gasteiger partial charge >= 0.3 is 5.97 Å². The molecule has 1 aliphatic heterocycles. The summed E-state index contributed by atoms with van der Waals surface area (Å²) < 4.78 is 5.19. The summed E-state index contributed by atoms with van der Waals surface area (Å²) in [5, 5.41) is 10.2. The summed E-state index contributed by atoms with van der Waals surface area (Å²) in [4.78, 5) is 23.4. The Hall–Kier alpha value is -1.68. The van der Waals surface area contributed by atoms with Gasteiger partial charge in [0.15, 0.2) is 5.78 Å². The highest BCUT2D eigenvalue weighted by molar-refractivity contribution is 5.95. The van der Waals surface area contributed by atoms with Gasteiger partial charge in [0.2, 0.25) is 0 Å². The van der Waals surface area contributed by atoms with Gasteiger partial charge in [-0.1, -0.05) is 24.8 Å². The van der Waals surface area contributed by atoms with Gasteiger partial charge in [0, 0.05) is 18.4 Å². The van der Waals surface area contributed by atoms with Crippen molar-refractivity contribution in [2.75, 3.05) is 0 Å². The first kappa shape index (κ1) is 13.7. The average molecular weight is 262 g/mol. The van der Waals surface area contributed by atoms with Crippen LogP contribution in [0.1, 0.15) is 26.2 Å². The molecule has 0 aromatic heterocycles. The van der Waals surface area contributed by atoms with Crippen LogP contribution >= 0.6 is 0 Å². The first-order valence-electron chi connectivity index (χ1n) is 6.36. The fraction of sp³-hybridized carbons (Fsp3) is 0.467. The van der Waals surface area contributed by atoms with E-state index in [1.165, 1.54) is 0 Å². The molecule has 0 aromatic carbocycles. The lowest BCUT2D eigenvalue weighted by atomic mass is 9.84. The molecule has 0 saturated carbocycles. The predicted molar refractivity (Wildman–Crippen MR) is 70.3 cm³/mol. The Labute approximate surface area is 112 Å². The van der Waals surface area contributed by atoms with Crippen LogP contribution in [-0.4, -0.2) is 29.1 Å². The summed E-state index contributed by atoms with van der Waals surface area (Å²) in [5.41, 5.74) is 1.63. The Bertz CT molecular complexity index is 486. The van der Waals surface area contributed by atoms with Gasteiger partial charge in [0.25, 0.3) is 0 Å². The molecule has 1 aliphatic carbocycles. The van der Waals surface area contributed by atoms with Crippen LogP contribution in [0.15, 0.2) is 36.0 Å². The lowest BCUT2D eigenvalue weighted by Gasteiger charge is -2.23. The maximum absolute atomic E-state index is 11.9. The number of hydrogen-bond donors (Lipinski definition) is 1. The van der Waals surface area contributed by atoms with Crippen LogP contribution in [0, 0.1) is 5.92 Å². The molecule has 1 heterocycles. The molecule has 1 N–H and O–H groups in total. The van der Waals surface area contributed by atoms with Gasteiger partial charge in [-0.15, -0.1) is 0 Å². The molecular formula is C15H18O4. The Morgan fingerprint density at radius 1 is 1.32 bits per heavy atom. The number of ketones is 1. The molecule has 1 fully saturated rings. The number of hydrogen-bond acceptors (Lipinski definition) is 4. The number of Topliss-reactive ketones (excluding diaryl/α,β-unsaturated/α-hetero) is 1. The Balaban J connectivity index is 2.35. The van der Waals surface area contributed by atoms with Crippen LogP contribution in [-0.2, 0) is 14.3 Å². The number of carbonyl (C=O) groups is 2. The smallest absolute Gasteiger partial charge is 0.334 e. The van der Waals surface area contributed by atoms with E-state index in [0.29, 0.717) is 18.4 Å². The van der Waals surface area contributed by atoms with Crippen molar-refractivity contribution in [2.24, 2.45) is 5.92 Å². The fourth-order valence-corrected chi connectivity index (χ4v) is 2.56. The van der Waals surface area contributed by atoms with Crippen molar-refractivity contribution in [3.63, 3.8) is 0 Å². The molecule has 4 heteroatoms. The van der Waals surface area contributed by atoms with Gasteiger partial charge < -0.3 is 9.84 Å². The maximum atomic E-state index is 11.9. The zero-order chi connectivity index (χ0) is 14.2. The highest BCUT2D eigenvalue weighted by atomic mass is 16.6. The molecule has 0 unspecified atom stereocenters. The molecular weight excluding hydrogens is 244 g/mol. The van der Waals surface area contributed by atoms with E-state index in [1.54, 1.807) is 6.08 Å². The molecule has 0 bridgehead atoms. The van der Waals surface area contributed by atoms with E-state index in [-0.39, 0.29) is 17.8 Å². The third kappa shape index (κ3) is 2.68. The fourth-order valence-electron chi connectivity index (χ4n) is 2.56. The average Bonchev–Trinajstić information content (AvgIpc) is 2.60. The van der Waals surface area contributed by atoms with Crippen molar-refractivity contribution in [2.45, 2.75) is 38.4 Å². The molecule has 3 atom stereocenters. The van der Waals surface area contributed by atoms with E-state index in [4.69, 9.17) is 4.74 Å². The molecule has 19 heavy (non-hydrogen) atoms. The van der Waals surface area contributed by atoms with Crippen LogP contribution in [0.5, 0.6) is 0 Å². The van der Waals surface area contributed by atoms with E-state index in [1.807, 2.05) is 6.92 Å². The van der Waals surface area contributed by atoms with Crippen LogP contribution in [0.3, 0.4) is 0 Å². The lowest BCUT2D eigenvalue weighted by molar-refractivity contribution is -0.139. The second-order valence-corrected chi connectivity index (χ2v) is 5.23. The minimum Gasteiger partial charge on any atom is -0.458 e. The number of carbonyl (C=O) groups excluding carboxylic acids is 2. The third-order valence-electron chi connectivity index (χ3n) is 3.74. The van der Waals surface area contributed by atoms with E-state index in [0.717, 1.165) is 5.57 Å². The highest BCUT2D eigenvalue weighted by Crippen LogP contribution is 2.35. The molecule has 0 amide bonds. The molecule has 0 radical (unpaired) electrons. The monoisotopic (exact) mass is 262 g/mol. The molecule has 4 nitrogen and oxygen atoms in total. The lowest BCUT2D eigenvalue weighted by Crippen LogP contribution is -2.29. The zero-order valence-electron chi connectivity index (χ0n) is 11.0. The number of rotatable bonds is 0. The van der Waals surface area contributed by atoms with Crippen LogP contribution < -0.4 is 0 Å². The van der Waals surface area contributed by atoms with Gasteiger partial charge in [-0.25, -0.2) is 4.79 Å². The normalized spacial score (nSPS) is 35.5. The van der Waals surface area contributed by atoms with Gasteiger partial charge in [-0.2, -0.15) is 0 Å². The zero-order valence-corrected chi connectivity index (χ0v) is 11.0. The van der Waals surface area contributed by atoms with E-state index in [9.17, 15) is 14.7 Å². The van der Waals surface area contributed by atoms with E-state index < -0.39 is 24.1 Å². The largest absolute Gasteiger partial charge is 0.458 e.